The van der Waals surface area contributed by atoms with Gasteiger partial charge in [-0.1, -0.05) is 58.9 Å². The molecular formula is C31H41N3O4. The van der Waals surface area contributed by atoms with Crippen molar-refractivity contribution >= 4 is 23.6 Å². The highest BCUT2D eigenvalue weighted by molar-refractivity contribution is 5.94. The minimum Gasteiger partial charge on any atom is -0.481 e. The monoisotopic (exact) mass is 519 g/mol. The zero-order valence-electron chi connectivity index (χ0n) is 23.2. The number of carboxylic acids is 1. The molecule has 3 aliphatic carbocycles. The van der Waals surface area contributed by atoms with Crippen molar-refractivity contribution in [3.63, 3.8) is 0 Å². The van der Waals surface area contributed by atoms with E-state index < -0.39 is 5.97 Å². The number of carboxylic acid groups (broad SMARTS) is 1. The summed E-state index contributed by atoms with van der Waals surface area (Å²) < 4.78 is 0. The number of hydrogen-bond acceptors (Lipinski definition) is 3. The number of carbonyl (C=O) groups excluding carboxylic acids is 2. The molecule has 0 radical (unpaired) electrons. The van der Waals surface area contributed by atoms with Crippen molar-refractivity contribution in [1.29, 1.82) is 0 Å². The molecule has 0 aliphatic heterocycles. The van der Waals surface area contributed by atoms with Gasteiger partial charge < -0.3 is 20.6 Å². The summed E-state index contributed by atoms with van der Waals surface area (Å²) in [5.74, 6) is 0.781. The van der Waals surface area contributed by atoms with Crippen LogP contribution in [0.4, 0.5) is 10.5 Å². The zero-order valence-corrected chi connectivity index (χ0v) is 23.2. The first kappa shape index (κ1) is 27.7. The molecule has 3 saturated carbocycles. The summed E-state index contributed by atoms with van der Waals surface area (Å²) in [6, 6.07) is 15.3. The van der Waals surface area contributed by atoms with Gasteiger partial charge in [0, 0.05) is 30.4 Å². The number of nitrogens with one attached hydrogen (secondary N) is 2. The molecule has 0 aromatic heterocycles. The molecule has 3 fully saturated rings. The third kappa shape index (κ3) is 5.87. The van der Waals surface area contributed by atoms with Crippen molar-refractivity contribution in [2.75, 3.05) is 11.9 Å². The van der Waals surface area contributed by atoms with E-state index in [1.807, 2.05) is 29.2 Å². The van der Waals surface area contributed by atoms with Crippen LogP contribution in [0.3, 0.4) is 0 Å². The lowest BCUT2D eigenvalue weighted by Gasteiger charge is -2.63. The van der Waals surface area contributed by atoms with E-state index in [1.165, 1.54) is 12.0 Å². The van der Waals surface area contributed by atoms with Crippen LogP contribution in [0.1, 0.15) is 81.3 Å². The maximum atomic E-state index is 13.7. The lowest BCUT2D eigenvalue weighted by Crippen LogP contribution is -2.61. The van der Waals surface area contributed by atoms with Gasteiger partial charge in [-0.05, 0) is 77.3 Å². The first-order valence-electron chi connectivity index (χ1n) is 13.7. The van der Waals surface area contributed by atoms with E-state index in [-0.39, 0.29) is 30.9 Å². The van der Waals surface area contributed by atoms with E-state index in [1.54, 1.807) is 12.1 Å². The Morgan fingerprint density at radius 1 is 1.03 bits per heavy atom. The van der Waals surface area contributed by atoms with Crippen LogP contribution in [-0.2, 0) is 11.3 Å². The molecule has 5 rings (SSSR count). The van der Waals surface area contributed by atoms with Gasteiger partial charge in [-0.2, -0.15) is 0 Å². The fourth-order valence-corrected chi connectivity index (χ4v) is 6.36. The van der Waals surface area contributed by atoms with Gasteiger partial charge in [0.1, 0.15) is 0 Å². The van der Waals surface area contributed by atoms with E-state index in [2.05, 4.69) is 57.4 Å². The highest BCUT2D eigenvalue weighted by atomic mass is 16.4. The second-order valence-corrected chi connectivity index (χ2v) is 12.0. The Hall–Kier alpha value is -3.35. The van der Waals surface area contributed by atoms with E-state index in [4.69, 9.17) is 5.11 Å². The van der Waals surface area contributed by atoms with Crippen LogP contribution in [0, 0.1) is 23.2 Å². The van der Waals surface area contributed by atoms with Crippen LogP contribution in [0.15, 0.2) is 48.5 Å². The van der Waals surface area contributed by atoms with E-state index in [9.17, 15) is 14.4 Å². The Balaban J connectivity index is 1.50. The molecule has 38 heavy (non-hydrogen) atoms. The Bertz CT molecular complexity index is 1160. The van der Waals surface area contributed by atoms with Crippen LogP contribution < -0.4 is 10.6 Å². The van der Waals surface area contributed by atoms with E-state index >= 15 is 0 Å². The maximum absolute atomic E-state index is 13.7. The normalized spacial score (nSPS) is 23.3. The lowest BCUT2D eigenvalue weighted by molar-refractivity contribution is -0.136. The highest BCUT2D eigenvalue weighted by Crippen LogP contribution is 2.62. The topological polar surface area (TPSA) is 98.7 Å². The second-order valence-electron chi connectivity index (χ2n) is 12.0. The van der Waals surface area contributed by atoms with Gasteiger partial charge in [-0.15, -0.1) is 0 Å². The molecule has 7 heteroatoms. The number of fused-ring (bicyclic) bond motifs is 2. The van der Waals surface area contributed by atoms with Gasteiger partial charge in [0.2, 0.25) is 0 Å². The number of benzene rings is 2. The summed E-state index contributed by atoms with van der Waals surface area (Å²) in [4.78, 5) is 38.7. The minimum atomic E-state index is -0.951. The summed E-state index contributed by atoms with van der Waals surface area (Å²) in [5, 5.41) is 14.5. The number of hydrogen-bond donors (Lipinski definition) is 3. The van der Waals surface area contributed by atoms with E-state index in [0.29, 0.717) is 41.2 Å². The van der Waals surface area contributed by atoms with Crippen molar-refractivity contribution in [2.24, 2.45) is 23.2 Å². The number of rotatable bonds is 9. The number of carbonyl (C=O) groups is 3. The molecule has 0 spiro atoms. The second kappa shape index (κ2) is 11.2. The smallest absolute Gasteiger partial charge is 0.322 e. The van der Waals surface area contributed by atoms with Gasteiger partial charge in [-0.3, -0.25) is 9.59 Å². The predicted octanol–water partition coefficient (Wildman–Crippen LogP) is 6.12. The zero-order chi connectivity index (χ0) is 27.6. The highest BCUT2D eigenvalue weighted by Gasteiger charge is 2.57. The molecule has 1 unspecified atom stereocenters. The SMILES string of the molecule is CC(C)c1ccc(NC(=O)N(Cc2ccc(C(=O)NCCC(=O)O)cc2)C2C[C@H]3C[C@H]([C@@H]2C)C3(C)C)cc1. The van der Waals surface area contributed by atoms with Crippen molar-refractivity contribution in [2.45, 2.75) is 72.4 Å². The van der Waals surface area contributed by atoms with Crippen LogP contribution in [0.25, 0.3) is 0 Å². The quantitative estimate of drug-likeness (QED) is 0.372. The summed E-state index contributed by atoms with van der Waals surface area (Å²) in [7, 11) is 0. The number of anilines is 1. The largest absolute Gasteiger partial charge is 0.481 e. The van der Waals surface area contributed by atoms with Gasteiger partial charge in [0.15, 0.2) is 0 Å². The van der Waals surface area contributed by atoms with Crippen molar-refractivity contribution in [1.82, 2.24) is 10.2 Å². The minimum absolute atomic E-state index is 0.0836. The average molecular weight is 520 g/mol. The maximum Gasteiger partial charge on any atom is 0.322 e. The van der Waals surface area contributed by atoms with Crippen LogP contribution in [0.2, 0.25) is 0 Å². The van der Waals surface area contributed by atoms with Crippen molar-refractivity contribution < 1.29 is 19.5 Å². The summed E-state index contributed by atoms with van der Waals surface area (Å²) in [6.45, 7) is 11.8. The fraction of sp³-hybridized carbons (Fsp3) is 0.516. The molecular weight excluding hydrogens is 478 g/mol. The molecule has 2 bridgehead atoms. The standard InChI is InChI=1S/C31H41N3O4/c1-19(2)22-10-12-25(13-11-22)33-30(38)34(27-17-24-16-26(20(27)3)31(24,4)5)18-21-6-8-23(9-7-21)29(37)32-15-14-28(35)36/h6-13,19-20,24,26-27H,14-18H2,1-5H3,(H,32,37)(H,33,38)(H,35,36)/t20-,24+,26+,27?/m0/s1. The lowest BCUT2D eigenvalue weighted by atomic mass is 9.44. The number of nitrogens with zero attached hydrogens (tertiary/aromatic N) is 1. The molecule has 7 nitrogen and oxygen atoms in total. The first-order chi connectivity index (χ1) is 18.0. The van der Waals surface area contributed by atoms with Gasteiger partial charge in [0.25, 0.3) is 5.91 Å². The fourth-order valence-electron chi connectivity index (χ4n) is 6.36. The van der Waals surface area contributed by atoms with Gasteiger partial charge in [0.05, 0.1) is 6.42 Å². The summed E-state index contributed by atoms with van der Waals surface area (Å²) in [5.41, 5.74) is 3.75. The molecule has 3 N–H and O–H groups in total. The summed E-state index contributed by atoms with van der Waals surface area (Å²) in [6.07, 6.45) is 2.11. The van der Waals surface area contributed by atoms with Crippen LogP contribution in [-0.4, -0.2) is 40.5 Å². The molecule has 2 aromatic rings. The molecule has 4 atom stereocenters. The van der Waals surface area contributed by atoms with Crippen LogP contribution in [0.5, 0.6) is 0 Å². The first-order valence-corrected chi connectivity index (χ1v) is 13.7. The predicted molar refractivity (Wildman–Crippen MR) is 149 cm³/mol. The molecule has 0 heterocycles. The van der Waals surface area contributed by atoms with Crippen molar-refractivity contribution in [3.05, 3.63) is 65.2 Å². The Morgan fingerprint density at radius 2 is 1.68 bits per heavy atom. The van der Waals surface area contributed by atoms with Gasteiger partial charge >= 0.3 is 12.0 Å². The van der Waals surface area contributed by atoms with E-state index in [0.717, 1.165) is 17.7 Å². The average Bonchev–Trinajstić information content (AvgIpc) is 2.87. The third-order valence-electron chi connectivity index (χ3n) is 9.00. The number of amides is 3. The summed E-state index contributed by atoms with van der Waals surface area (Å²) >= 11 is 0. The molecule has 3 aliphatic rings. The van der Waals surface area contributed by atoms with Crippen molar-refractivity contribution in [3.8, 4) is 0 Å². The van der Waals surface area contributed by atoms with Gasteiger partial charge in [-0.25, -0.2) is 4.79 Å². The Kier molecular flexibility index (Phi) is 8.14. The molecule has 3 amide bonds. The molecule has 0 saturated heterocycles. The molecule has 204 valence electrons. The Labute approximate surface area is 226 Å². The molecule has 2 aromatic carbocycles. The third-order valence-corrected chi connectivity index (χ3v) is 9.00. The number of urea groups is 1. The number of aliphatic carboxylic acids is 1. The Morgan fingerprint density at radius 3 is 2.24 bits per heavy atom. The van der Waals surface area contributed by atoms with Crippen LogP contribution >= 0.6 is 0 Å².